The van der Waals surface area contributed by atoms with E-state index < -0.39 is 5.82 Å². The van der Waals surface area contributed by atoms with Crippen molar-refractivity contribution in [2.75, 3.05) is 10.6 Å². The molecule has 0 bridgehead atoms. The second kappa shape index (κ2) is 6.31. The highest BCUT2D eigenvalue weighted by Crippen LogP contribution is 2.31. The number of hydrogen-bond donors (Lipinski definition) is 2. The van der Waals surface area contributed by atoms with E-state index in [0.29, 0.717) is 17.0 Å². The van der Waals surface area contributed by atoms with E-state index in [0.717, 1.165) is 10.8 Å². The Bertz CT molecular complexity index is 912. The van der Waals surface area contributed by atoms with Crippen LogP contribution in [-0.4, -0.2) is 15.9 Å². The number of carbonyl (C=O) groups is 1. The molecule has 0 unspecified atom stereocenters. The normalized spacial score (nSPS) is 10.5. The monoisotopic (exact) mass is 348 g/mol. The van der Waals surface area contributed by atoms with E-state index >= 15 is 0 Å². The van der Waals surface area contributed by atoms with E-state index in [1.807, 2.05) is 5.38 Å². The lowest BCUT2D eigenvalue weighted by Gasteiger charge is -2.10. The van der Waals surface area contributed by atoms with Gasteiger partial charge in [0.05, 0.1) is 15.9 Å². The predicted octanol–water partition coefficient (Wildman–Crippen LogP) is 4.35. The quantitative estimate of drug-likeness (QED) is 0.543. The zero-order chi connectivity index (χ0) is 16.4. The molecule has 0 aliphatic heterocycles. The molecule has 3 rings (SSSR count). The van der Waals surface area contributed by atoms with Gasteiger partial charge in [-0.25, -0.2) is 9.37 Å². The summed E-state index contributed by atoms with van der Waals surface area (Å²) in [5.74, 6) is -0.463. The Balaban J connectivity index is 1.98. The third-order valence-electron chi connectivity index (χ3n) is 2.95. The van der Waals surface area contributed by atoms with Crippen LogP contribution in [-0.2, 0) is 4.79 Å². The lowest BCUT2D eigenvalue weighted by molar-refractivity contribution is -0.111. The van der Waals surface area contributed by atoms with Crippen molar-refractivity contribution >= 4 is 56.3 Å². The highest BCUT2D eigenvalue weighted by Gasteiger charge is 2.11. The number of anilines is 3. The van der Waals surface area contributed by atoms with Crippen LogP contribution in [0.15, 0.2) is 42.3 Å². The molecular formula is C15H10ClFN4OS. The zero-order valence-electron chi connectivity index (χ0n) is 11.6. The summed E-state index contributed by atoms with van der Waals surface area (Å²) in [4.78, 5) is 19.5. The molecule has 23 heavy (non-hydrogen) atoms. The van der Waals surface area contributed by atoms with E-state index in [1.54, 1.807) is 6.07 Å². The molecule has 0 radical (unpaired) electrons. The number of rotatable bonds is 4. The summed E-state index contributed by atoms with van der Waals surface area (Å²) in [5.41, 5.74) is 1.27. The molecule has 0 spiro atoms. The van der Waals surface area contributed by atoms with E-state index in [9.17, 15) is 9.18 Å². The van der Waals surface area contributed by atoms with Crippen LogP contribution in [0.3, 0.4) is 0 Å². The minimum atomic E-state index is -0.485. The van der Waals surface area contributed by atoms with Crippen molar-refractivity contribution in [2.45, 2.75) is 0 Å². The number of nitrogens with zero attached hydrogens (tertiary/aromatic N) is 2. The number of carbonyl (C=O) groups excluding carboxylic acids is 1. The molecule has 2 heterocycles. The number of thiophene rings is 1. The fourth-order valence-electron chi connectivity index (χ4n) is 1.94. The number of hydrogen-bond acceptors (Lipinski definition) is 5. The second-order valence-corrected chi connectivity index (χ2v) is 5.74. The molecule has 8 heteroatoms. The summed E-state index contributed by atoms with van der Waals surface area (Å²) in [7, 11) is 0. The van der Waals surface area contributed by atoms with Crippen LogP contribution in [0, 0.1) is 5.82 Å². The van der Waals surface area contributed by atoms with Gasteiger partial charge in [0.1, 0.15) is 5.82 Å². The van der Waals surface area contributed by atoms with Crippen LogP contribution in [0.2, 0.25) is 5.28 Å². The largest absolute Gasteiger partial charge is 0.336 e. The lowest BCUT2D eigenvalue weighted by atomic mass is 10.2. The number of benzene rings is 1. The van der Waals surface area contributed by atoms with Gasteiger partial charge in [-0.05, 0) is 47.3 Å². The smallest absolute Gasteiger partial charge is 0.247 e. The first-order chi connectivity index (χ1) is 11.1. The van der Waals surface area contributed by atoms with E-state index in [4.69, 9.17) is 11.6 Å². The maximum Gasteiger partial charge on any atom is 0.247 e. The molecule has 0 aliphatic carbocycles. The molecule has 0 atom stereocenters. The fourth-order valence-corrected chi connectivity index (χ4v) is 2.89. The summed E-state index contributed by atoms with van der Waals surface area (Å²) < 4.78 is 14.8. The predicted molar refractivity (Wildman–Crippen MR) is 90.9 cm³/mol. The zero-order valence-corrected chi connectivity index (χ0v) is 13.2. The molecule has 3 aromatic rings. The minimum Gasteiger partial charge on any atom is -0.336 e. The number of nitrogens with one attached hydrogen (secondary N) is 2. The van der Waals surface area contributed by atoms with Gasteiger partial charge in [-0.15, -0.1) is 11.3 Å². The standard InChI is InChI=1S/C15H10ClFN4OS/c1-2-12(22)18-8-3-4-9(17)11(7-8)19-14-13-10(5-6-23-13)20-15(16)21-14/h2-7H,1H2,(H,18,22)(H,19,20,21). The number of halogens is 2. The Labute approximate surface area is 139 Å². The van der Waals surface area contributed by atoms with Crippen LogP contribution in [0.1, 0.15) is 0 Å². The molecule has 0 saturated heterocycles. The van der Waals surface area contributed by atoms with Gasteiger partial charge < -0.3 is 10.6 Å². The Kier molecular flexibility index (Phi) is 4.22. The van der Waals surface area contributed by atoms with Crippen molar-refractivity contribution in [1.82, 2.24) is 9.97 Å². The Morgan fingerprint density at radius 2 is 2.17 bits per heavy atom. The molecule has 0 aliphatic rings. The Morgan fingerprint density at radius 1 is 1.35 bits per heavy atom. The molecule has 2 N–H and O–H groups in total. The first kappa shape index (κ1) is 15.4. The van der Waals surface area contributed by atoms with Gasteiger partial charge in [0.15, 0.2) is 5.82 Å². The van der Waals surface area contributed by atoms with Crippen LogP contribution in [0.25, 0.3) is 10.2 Å². The molecule has 116 valence electrons. The van der Waals surface area contributed by atoms with Gasteiger partial charge in [0, 0.05) is 5.69 Å². The van der Waals surface area contributed by atoms with Gasteiger partial charge in [-0.2, -0.15) is 4.98 Å². The number of amides is 1. The van der Waals surface area contributed by atoms with Gasteiger partial charge in [0.25, 0.3) is 0 Å². The summed E-state index contributed by atoms with van der Waals surface area (Å²) >= 11 is 7.30. The van der Waals surface area contributed by atoms with Crippen molar-refractivity contribution in [1.29, 1.82) is 0 Å². The van der Waals surface area contributed by atoms with Crippen molar-refractivity contribution in [2.24, 2.45) is 0 Å². The summed E-state index contributed by atoms with van der Waals surface area (Å²) in [6, 6.07) is 5.97. The summed E-state index contributed by atoms with van der Waals surface area (Å²) in [6.07, 6.45) is 1.13. The van der Waals surface area contributed by atoms with Gasteiger partial charge in [-0.3, -0.25) is 4.79 Å². The average Bonchev–Trinajstić information content (AvgIpc) is 2.98. The fraction of sp³-hybridized carbons (Fsp3) is 0. The average molecular weight is 349 g/mol. The van der Waals surface area contributed by atoms with Gasteiger partial charge in [0.2, 0.25) is 11.2 Å². The minimum absolute atomic E-state index is 0.0647. The van der Waals surface area contributed by atoms with E-state index in [1.165, 1.54) is 29.5 Å². The van der Waals surface area contributed by atoms with Crippen molar-refractivity contribution in [3.63, 3.8) is 0 Å². The molecule has 2 aromatic heterocycles. The molecule has 1 aromatic carbocycles. The Hall–Kier alpha value is -2.51. The van der Waals surface area contributed by atoms with Crippen LogP contribution in [0.4, 0.5) is 21.6 Å². The Morgan fingerprint density at radius 3 is 2.96 bits per heavy atom. The first-order valence-electron chi connectivity index (χ1n) is 6.47. The molecule has 5 nitrogen and oxygen atoms in total. The van der Waals surface area contributed by atoms with Gasteiger partial charge >= 0.3 is 0 Å². The third kappa shape index (κ3) is 3.30. The van der Waals surface area contributed by atoms with Crippen LogP contribution >= 0.6 is 22.9 Å². The van der Waals surface area contributed by atoms with E-state index in [2.05, 4.69) is 27.2 Å². The summed E-state index contributed by atoms with van der Waals surface area (Å²) in [6.45, 7) is 3.37. The SMILES string of the molecule is C=CC(=O)Nc1ccc(F)c(Nc2nc(Cl)nc3ccsc23)c1. The maximum absolute atomic E-state index is 14.0. The van der Waals surface area contributed by atoms with Crippen LogP contribution in [0.5, 0.6) is 0 Å². The highest BCUT2D eigenvalue weighted by molar-refractivity contribution is 7.17. The number of fused-ring (bicyclic) bond motifs is 1. The molecular weight excluding hydrogens is 339 g/mol. The first-order valence-corrected chi connectivity index (χ1v) is 7.73. The lowest BCUT2D eigenvalue weighted by Crippen LogP contribution is -2.08. The van der Waals surface area contributed by atoms with Crippen molar-refractivity contribution in [3.05, 3.63) is 53.4 Å². The van der Waals surface area contributed by atoms with Gasteiger partial charge in [-0.1, -0.05) is 6.58 Å². The molecule has 1 amide bonds. The van der Waals surface area contributed by atoms with Crippen molar-refractivity contribution in [3.8, 4) is 0 Å². The molecule has 0 fully saturated rings. The summed E-state index contributed by atoms with van der Waals surface area (Å²) in [5, 5.41) is 7.38. The highest BCUT2D eigenvalue weighted by atomic mass is 35.5. The van der Waals surface area contributed by atoms with Crippen molar-refractivity contribution < 1.29 is 9.18 Å². The van der Waals surface area contributed by atoms with Crippen LogP contribution < -0.4 is 10.6 Å². The van der Waals surface area contributed by atoms with E-state index in [-0.39, 0.29) is 16.9 Å². The number of aromatic nitrogens is 2. The molecule has 0 saturated carbocycles. The topological polar surface area (TPSA) is 66.9 Å². The second-order valence-electron chi connectivity index (χ2n) is 4.49. The maximum atomic E-state index is 14.0. The third-order valence-corrected chi connectivity index (χ3v) is 4.03.